The monoisotopic (exact) mass is 178 g/mol. The lowest BCUT2D eigenvalue weighted by Crippen LogP contribution is -2.07. The largest absolute Gasteiger partial charge is 0.538 e. The van der Waals surface area contributed by atoms with Crippen molar-refractivity contribution >= 4 is 32.0 Å². The molecular weight excluding hydrogens is 168 g/mol. The molecule has 2 heteroatoms. The van der Waals surface area contributed by atoms with Crippen LogP contribution in [0.25, 0.3) is 0 Å². The lowest BCUT2D eigenvalue weighted by Gasteiger charge is -1.98. The van der Waals surface area contributed by atoms with E-state index in [4.69, 9.17) is 9.07 Å². The fourth-order valence-electron chi connectivity index (χ4n) is 1.08. The van der Waals surface area contributed by atoms with Crippen molar-refractivity contribution in [3.05, 3.63) is 29.8 Å². The van der Waals surface area contributed by atoms with Crippen molar-refractivity contribution in [1.82, 2.24) is 0 Å². The molecule has 0 heterocycles. The SMILES string of the molecule is CCCc1cc[c]([Mg][Cl])cc1. The van der Waals surface area contributed by atoms with E-state index in [0.717, 1.165) is 0 Å². The van der Waals surface area contributed by atoms with Gasteiger partial charge in [0.25, 0.3) is 0 Å². The van der Waals surface area contributed by atoms with Gasteiger partial charge in [-0.2, -0.15) is 0 Å². The van der Waals surface area contributed by atoms with Crippen LogP contribution in [0.4, 0.5) is 0 Å². The van der Waals surface area contributed by atoms with Gasteiger partial charge in [0.1, 0.15) is 0 Å². The molecule has 0 aromatic heterocycles. The van der Waals surface area contributed by atoms with Gasteiger partial charge in [-0.1, -0.05) is 37.6 Å². The number of halogens is 1. The van der Waals surface area contributed by atoms with Gasteiger partial charge in [0.05, 0.1) is 0 Å². The summed E-state index contributed by atoms with van der Waals surface area (Å²) in [7, 11) is 5.80. The molecule has 0 aliphatic carbocycles. The summed E-state index contributed by atoms with van der Waals surface area (Å²) in [6.07, 6.45) is 2.40. The zero-order chi connectivity index (χ0) is 8.10. The number of rotatable bonds is 3. The van der Waals surface area contributed by atoms with E-state index in [1.165, 1.54) is 22.1 Å². The fraction of sp³-hybridized carbons (Fsp3) is 0.333. The van der Waals surface area contributed by atoms with Gasteiger partial charge in [0, 0.05) is 0 Å². The van der Waals surface area contributed by atoms with Gasteiger partial charge < -0.3 is 9.07 Å². The molecule has 1 rings (SSSR count). The summed E-state index contributed by atoms with van der Waals surface area (Å²) in [6, 6.07) is 8.69. The molecule has 0 atom stereocenters. The van der Waals surface area contributed by atoms with Gasteiger partial charge in [0.15, 0.2) is 0 Å². The Hall–Kier alpha value is 0.276. The first kappa shape index (κ1) is 9.36. The van der Waals surface area contributed by atoms with Crippen molar-refractivity contribution in [3.63, 3.8) is 0 Å². The average Bonchev–Trinajstić information content (AvgIpc) is 2.07. The van der Waals surface area contributed by atoms with Crippen LogP contribution in [0, 0.1) is 0 Å². The molecule has 0 nitrogen and oxygen atoms in total. The second kappa shape index (κ2) is 5.02. The highest BCUT2D eigenvalue weighted by Crippen LogP contribution is 2.00. The van der Waals surface area contributed by atoms with Gasteiger partial charge in [-0.15, -0.1) is 3.69 Å². The molecule has 0 N–H and O–H groups in total. The molecule has 0 saturated heterocycles. The molecule has 0 aliphatic rings. The van der Waals surface area contributed by atoms with Crippen molar-refractivity contribution in [2.24, 2.45) is 0 Å². The van der Waals surface area contributed by atoms with Crippen LogP contribution in [0.5, 0.6) is 0 Å². The Bertz CT molecular complexity index is 205. The Kier molecular flexibility index (Phi) is 4.27. The Balaban J connectivity index is 2.66. The third-order valence-corrected chi connectivity index (χ3v) is 3.42. The second-order valence-corrected chi connectivity index (χ2v) is 4.59. The Morgan fingerprint density at radius 3 is 2.36 bits per heavy atom. The van der Waals surface area contributed by atoms with Crippen LogP contribution in [-0.2, 0) is 6.42 Å². The third kappa shape index (κ3) is 3.02. The maximum Gasteiger partial charge on any atom is 0.538 e. The minimum Gasteiger partial charge on any atom is -0.336 e. The third-order valence-electron chi connectivity index (χ3n) is 1.72. The maximum atomic E-state index is 5.80. The van der Waals surface area contributed by atoms with Crippen molar-refractivity contribution in [3.8, 4) is 0 Å². The number of aryl methyl sites for hydroxylation is 1. The lowest BCUT2D eigenvalue weighted by atomic mass is 10.1. The molecular formula is C9H11ClMg. The number of hydrogen-bond donors (Lipinski definition) is 0. The van der Waals surface area contributed by atoms with Crippen LogP contribution in [0.15, 0.2) is 24.3 Å². The van der Waals surface area contributed by atoms with Crippen LogP contribution in [-0.4, -0.2) is 19.3 Å². The van der Waals surface area contributed by atoms with Crippen molar-refractivity contribution in [1.29, 1.82) is 0 Å². The summed E-state index contributed by atoms with van der Waals surface area (Å²) >= 11 is -0.466. The average molecular weight is 179 g/mol. The summed E-state index contributed by atoms with van der Waals surface area (Å²) in [5.74, 6) is 0. The molecule has 1 aromatic carbocycles. The van der Waals surface area contributed by atoms with E-state index >= 15 is 0 Å². The van der Waals surface area contributed by atoms with Gasteiger partial charge in [-0.05, 0) is 12.0 Å². The zero-order valence-corrected chi connectivity index (χ0v) is 8.98. The number of benzene rings is 1. The maximum absolute atomic E-state index is 5.80. The van der Waals surface area contributed by atoms with Crippen LogP contribution < -0.4 is 3.69 Å². The smallest absolute Gasteiger partial charge is 0.336 e. The van der Waals surface area contributed by atoms with E-state index in [1.54, 1.807) is 0 Å². The molecule has 11 heavy (non-hydrogen) atoms. The molecule has 0 amide bonds. The van der Waals surface area contributed by atoms with E-state index in [1.807, 2.05) is 0 Å². The lowest BCUT2D eigenvalue weighted by molar-refractivity contribution is 0.922. The minimum atomic E-state index is -0.466. The van der Waals surface area contributed by atoms with Crippen molar-refractivity contribution in [2.45, 2.75) is 19.8 Å². The predicted molar refractivity (Wildman–Crippen MR) is 51.7 cm³/mol. The molecule has 1 aromatic rings. The first-order valence-corrected chi connectivity index (χ1v) is 6.85. The number of hydrogen-bond acceptors (Lipinski definition) is 0. The summed E-state index contributed by atoms with van der Waals surface area (Å²) in [4.78, 5) is 0. The summed E-state index contributed by atoms with van der Waals surface area (Å²) in [5, 5.41) is 0. The quantitative estimate of drug-likeness (QED) is 0.623. The van der Waals surface area contributed by atoms with E-state index in [9.17, 15) is 0 Å². The highest BCUT2D eigenvalue weighted by Gasteiger charge is 1.94. The molecule has 0 spiro atoms. The van der Waals surface area contributed by atoms with Gasteiger partial charge >= 0.3 is 19.3 Å². The zero-order valence-electron chi connectivity index (χ0n) is 6.81. The highest BCUT2D eigenvalue weighted by atomic mass is 35.5. The second-order valence-electron chi connectivity index (χ2n) is 2.70. The summed E-state index contributed by atoms with van der Waals surface area (Å²) in [5.41, 5.74) is 1.43. The normalized spacial score (nSPS) is 9.27. The van der Waals surface area contributed by atoms with E-state index in [-0.39, 0.29) is 0 Å². The first-order chi connectivity index (χ1) is 5.36. The Morgan fingerprint density at radius 2 is 1.91 bits per heavy atom. The highest BCUT2D eigenvalue weighted by molar-refractivity contribution is 7.01. The van der Waals surface area contributed by atoms with E-state index in [0.29, 0.717) is 0 Å². The van der Waals surface area contributed by atoms with E-state index in [2.05, 4.69) is 31.2 Å². The van der Waals surface area contributed by atoms with Gasteiger partial charge in [0.2, 0.25) is 0 Å². The fourth-order valence-corrected chi connectivity index (χ4v) is 2.03. The molecule has 0 saturated carbocycles. The van der Waals surface area contributed by atoms with Crippen LogP contribution in [0.1, 0.15) is 18.9 Å². The van der Waals surface area contributed by atoms with Gasteiger partial charge in [-0.3, -0.25) is 0 Å². The molecule has 0 unspecified atom stereocenters. The molecule has 0 fully saturated rings. The summed E-state index contributed by atoms with van der Waals surface area (Å²) in [6.45, 7) is 2.20. The molecule has 0 radical (unpaired) electrons. The van der Waals surface area contributed by atoms with Crippen LogP contribution >= 0.6 is 9.07 Å². The van der Waals surface area contributed by atoms with Crippen molar-refractivity contribution in [2.75, 3.05) is 0 Å². The first-order valence-electron chi connectivity index (χ1n) is 4.00. The van der Waals surface area contributed by atoms with Gasteiger partial charge in [-0.25, -0.2) is 0 Å². The minimum absolute atomic E-state index is 0.466. The standard InChI is InChI=1S/C9H11.ClH.Mg/c1-2-6-9-7-4-3-5-8-9;;/h4-5,7-8H,2,6H2,1H3;1H;/q;;+1/p-1. The topological polar surface area (TPSA) is 0 Å². The predicted octanol–water partition coefficient (Wildman–Crippen LogP) is 2.12. The molecule has 0 aliphatic heterocycles. The molecule has 56 valence electrons. The molecule has 0 bridgehead atoms. The van der Waals surface area contributed by atoms with Crippen molar-refractivity contribution < 1.29 is 0 Å². The van der Waals surface area contributed by atoms with Crippen LogP contribution in [0.2, 0.25) is 0 Å². The summed E-state index contributed by atoms with van der Waals surface area (Å²) < 4.78 is 1.34. The van der Waals surface area contributed by atoms with Crippen LogP contribution in [0.3, 0.4) is 0 Å². The van der Waals surface area contributed by atoms with E-state index < -0.39 is 19.3 Å². The Labute approximate surface area is 81.5 Å². The Morgan fingerprint density at radius 1 is 1.27 bits per heavy atom.